The molecule has 0 atom stereocenters. The van der Waals surface area contributed by atoms with Crippen molar-refractivity contribution in [2.45, 2.75) is 26.3 Å². The highest BCUT2D eigenvalue weighted by Gasteiger charge is 2.23. The van der Waals surface area contributed by atoms with Crippen molar-refractivity contribution in [3.8, 4) is 0 Å². The van der Waals surface area contributed by atoms with E-state index < -0.39 is 23.0 Å². The lowest BCUT2D eigenvalue weighted by molar-refractivity contribution is 0.0992. The number of aromatic nitrogens is 2. The molecule has 2 aromatic rings. The number of rotatable bonds is 5. The van der Waals surface area contributed by atoms with Crippen LogP contribution in [-0.2, 0) is 6.54 Å². The van der Waals surface area contributed by atoms with Crippen molar-refractivity contribution >= 4 is 29.0 Å². The van der Waals surface area contributed by atoms with Crippen molar-refractivity contribution in [2.24, 2.45) is 0 Å². The third kappa shape index (κ3) is 3.74. The molecule has 0 aliphatic rings. The summed E-state index contributed by atoms with van der Waals surface area (Å²) in [6.07, 6.45) is 1.50. The van der Waals surface area contributed by atoms with Gasteiger partial charge in [-0.25, -0.2) is 9.18 Å². The number of hydrogen-bond donors (Lipinski definition) is 2. The Morgan fingerprint density at radius 3 is 2.68 bits per heavy atom. The topological polar surface area (TPSA) is 101 Å². The minimum atomic E-state index is -0.788. The molecule has 0 saturated heterocycles. The van der Waals surface area contributed by atoms with E-state index in [2.05, 4.69) is 4.98 Å². The number of nitrogens with two attached hydrogens (primary N) is 1. The Hall–Kier alpha value is -2.61. The lowest BCUT2D eigenvalue weighted by Crippen LogP contribution is -2.39. The third-order valence-electron chi connectivity index (χ3n) is 3.75. The maximum Gasteiger partial charge on any atom is 0.330 e. The van der Waals surface area contributed by atoms with Gasteiger partial charge in [0.05, 0.1) is 10.6 Å². The highest BCUT2D eigenvalue weighted by molar-refractivity contribution is 6.34. The second-order valence-corrected chi connectivity index (χ2v) is 5.89. The molecule has 0 saturated carbocycles. The Labute approximate surface area is 147 Å². The summed E-state index contributed by atoms with van der Waals surface area (Å²) in [4.78, 5) is 39.9. The lowest BCUT2D eigenvalue weighted by Gasteiger charge is -2.20. The van der Waals surface area contributed by atoms with Crippen LogP contribution in [0.3, 0.4) is 0 Å². The second kappa shape index (κ2) is 7.52. The van der Waals surface area contributed by atoms with Gasteiger partial charge in [-0.15, -0.1) is 0 Å². The Balaban J connectivity index is 2.51. The summed E-state index contributed by atoms with van der Waals surface area (Å²) in [7, 11) is 1.33. The van der Waals surface area contributed by atoms with Crippen molar-refractivity contribution in [1.82, 2.24) is 9.55 Å². The number of benzene rings is 1. The molecular formula is C16H18ClFN4O3. The number of amides is 1. The molecule has 25 heavy (non-hydrogen) atoms. The molecule has 9 heteroatoms. The Kier molecular flexibility index (Phi) is 5.63. The van der Waals surface area contributed by atoms with Crippen LogP contribution >= 0.6 is 11.6 Å². The first-order valence-electron chi connectivity index (χ1n) is 7.63. The number of H-pyrrole nitrogens is 1. The van der Waals surface area contributed by atoms with Crippen molar-refractivity contribution in [3.05, 3.63) is 55.4 Å². The molecule has 1 aromatic carbocycles. The molecule has 1 heterocycles. The van der Waals surface area contributed by atoms with Crippen molar-refractivity contribution in [3.63, 3.8) is 0 Å². The Morgan fingerprint density at radius 1 is 1.40 bits per heavy atom. The minimum absolute atomic E-state index is 0.00988. The van der Waals surface area contributed by atoms with Crippen LogP contribution < -0.4 is 21.9 Å². The lowest BCUT2D eigenvalue weighted by atomic mass is 10.2. The SMILES string of the molecule is CCCCn1c(N)c(N(C)C(=O)c2ccc(F)cc2Cl)c(=O)[nH]c1=O. The Bertz CT molecular complexity index is 923. The van der Waals surface area contributed by atoms with Crippen LogP contribution in [0.1, 0.15) is 30.1 Å². The fourth-order valence-corrected chi connectivity index (χ4v) is 2.63. The van der Waals surface area contributed by atoms with Gasteiger partial charge in [-0.3, -0.25) is 19.1 Å². The summed E-state index contributed by atoms with van der Waals surface area (Å²) in [5.41, 5.74) is 4.38. The number of hydrogen-bond acceptors (Lipinski definition) is 4. The fourth-order valence-electron chi connectivity index (χ4n) is 2.38. The average molecular weight is 369 g/mol. The van der Waals surface area contributed by atoms with Gasteiger partial charge < -0.3 is 10.6 Å². The average Bonchev–Trinajstić information content (AvgIpc) is 2.53. The molecule has 1 aromatic heterocycles. The van der Waals surface area contributed by atoms with Gasteiger partial charge in [-0.2, -0.15) is 0 Å². The van der Waals surface area contributed by atoms with E-state index in [0.29, 0.717) is 13.0 Å². The summed E-state index contributed by atoms with van der Waals surface area (Å²) in [5.74, 6) is -1.35. The maximum atomic E-state index is 13.2. The molecule has 7 nitrogen and oxygen atoms in total. The van der Waals surface area contributed by atoms with E-state index in [4.69, 9.17) is 17.3 Å². The highest BCUT2D eigenvalue weighted by atomic mass is 35.5. The van der Waals surface area contributed by atoms with E-state index >= 15 is 0 Å². The van der Waals surface area contributed by atoms with Gasteiger partial charge in [-0.1, -0.05) is 24.9 Å². The molecular weight excluding hydrogens is 351 g/mol. The van der Waals surface area contributed by atoms with E-state index in [-0.39, 0.29) is 22.1 Å². The normalized spacial score (nSPS) is 10.7. The van der Waals surface area contributed by atoms with Gasteiger partial charge >= 0.3 is 5.69 Å². The molecule has 1 amide bonds. The molecule has 0 aliphatic carbocycles. The zero-order chi connectivity index (χ0) is 18.7. The van der Waals surface area contributed by atoms with Crippen LogP contribution in [0.5, 0.6) is 0 Å². The van der Waals surface area contributed by atoms with Gasteiger partial charge in [-0.05, 0) is 24.6 Å². The van der Waals surface area contributed by atoms with E-state index in [1.54, 1.807) is 0 Å². The first kappa shape index (κ1) is 18.7. The van der Waals surface area contributed by atoms with Gasteiger partial charge in [0.15, 0.2) is 5.69 Å². The van der Waals surface area contributed by atoms with Crippen LogP contribution in [-0.4, -0.2) is 22.5 Å². The van der Waals surface area contributed by atoms with Crippen LogP contribution in [0.15, 0.2) is 27.8 Å². The maximum absolute atomic E-state index is 13.2. The smallest absolute Gasteiger partial charge is 0.330 e. The number of carbonyl (C=O) groups excluding carboxylic acids is 1. The molecule has 0 unspecified atom stereocenters. The number of halogens is 2. The molecule has 0 spiro atoms. The van der Waals surface area contributed by atoms with E-state index in [1.165, 1.54) is 17.7 Å². The second-order valence-electron chi connectivity index (χ2n) is 5.49. The zero-order valence-corrected chi connectivity index (χ0v) is 14.6. The summed E-state index contributed by atoms with van der Waals surface area (Å²) in [5, 5.41) is -0.0915. The third-order valence-corrected chi connectivity index (χ3v) is 4.06. The zero-order valence-electron chi connectivity index (χ0n) is 13.8. The summed E-state index contributed by atoms with van der Waals surface area (Å²) in [6.45, 7) is 2.25. The largest absolute Gasteiger partial charge is 0.383 e. The predicted molar refractivity (Wildman–Crippen MR) is 94.8 cm³/mol. The van der Waals surface area contributed by atoms with Gasteiger partial charge in [0.2, 0.25) is 0 Å². The monoisotopic (exact) mass is 368 g/mol. The summed E-state index contributed by atoms with van der Waals surface area (Å²) in [6, 6.07) is 3.30. The number of carbonyl (C=O) groups is 1. The van der Waals surface area contributed by atoms with Crippen LogP contribution in [0.4, 0.5) is 15.9 Å². The molecule has 2 rings (SSSR count). The molecule has 0 aliphatic heterocycles. The number of nitrogens with one attached hydrogen (secondary N) is 1. The number of anilines is 2. The number of unbranched alkanes of at least 4 members (excludes halogenated alkanes) is 1. The van der Waals surface area contributed by atoms with Crippen molar-refractivity contribution in [2.75, 3.05) is 17.7 Å². The standard InChI is InChI=1S/C16H18ClFN4O3/c1-3-4-7-22-13(19)12(14(23)20-16(22)25)21(2)15(24)10-6-5-9(18)8-11(10)17/h5-6,8H,3-4,7,19H2,1-2H3,(H,20,23,25). The quantitative estimate of drug-likeness (QED) is 0.842. The molecule has 0 fully saturated rings. The number of nitrogen functional groups attached to an aromatic ring is 1. The Morgan fingerprint density at radius 2 is 2.08 bits per heavy atom. The predicted octanol–water partition coefficient (Wildman–Crippen LogP) is 1.99. The minimum Gasteiger partial charge on any atom is -0.383 e. The first-order valence-corrected chi connectivity index (χ1v) is 8.01. The summed E-state index contributed by atoms with van der Waals surface area (Å²) < 4.78 is 14.4. The van der Waals surface area contributed by atoms with Crippen LogP contribution in [0, 0.1) is 5.82 Å². The number of aromatic amines is 1. The molecule has 0 bridgehead atoms. The van der Waals surface area contributed by atoms with Gasteiger partial charge in [0.25, 0.3) is 11.5 Å². The molecule has 3 N–H and O–H groups in total. The van der Waals surface area contributed by atoms with Crippen molar-refractivity contribution in [1.29, 1.82) is 0 Å². The molecule has 0 radical (unpaired) electrons. The van der Waals surface area contributed by atoms with Crippen LogP contribution in [0.2, 0.25) is 5.02 Å². The summed E-state index contributed by atoms with van der Waals surface area (Å²) >= 11 is 5.90. The van der Waals surface area contributed by atoms with Gasteiger partial charge in [0.1, 0.15) is 11.6 Å². The van der Waals surface area contributed by atoms with Crippen LogP contribution in [0.25, 0.3) is 0 Å². The van der Waals surface area contributed by atoms with Crippen molar-refractivity contribution < 1.29 is 9.18 Å². The van der Waals surface area contributed by atoms with E-state index in [9.17, 15) is 18.8 Å². The highest BCUT2D eigenvalue weighted by Crippen LogP contribution is 2.22. The van der Waals surface area contributed by atoms with Gasteiger partial charge in [0, 0.05) is 13.6 Å². The van der Waals surface area contributed by atoms with E-state index in [1.807, 2.05) is 6.92 Å². The first-order chi connectivity index (χ1) is 11.8. The van der Waals surface area contributed by atoms with E-state index in [0.717, 1.165) is 23.5 Å². The number of nitrogens with zero attached hydrogens (tertiary/aromatic N) is 2. The fraction of sp³-hybridized carbons (Fsp3) is 0.312. The molecule has 134 valence electrons.